The highest BCUT2D eigenvalue weighted by Crippen LogP contribution is 2.45. The van der Waals surface area contributed by atoms with Crippen LogP contribution in [0.5, 0.6) is 0 Å². The second-order valence-electron chi connectivity index (χ2n) is 22.3. The van der Waals surface area contributed by atoms with Gasteiger partial charge < -0.3 is 9.13 Å². The molecule has 0 spiro atoms. The number of pyridine rings is 4. The van der Waals surface area contributed by atoms with Gasteiger partial charge in [0.1, 0.15) is 17.7 Å². The molecule has 6 aromatic heterocycles. The lowest BCUT2D eigenvalue weighted by molar-refractivity contribution is 0.589. The van der Waals surface area contributed by atoms with Crippen molar-refractivity contribution in [3.63, 3.8) is 0 Å². The van der Waals surface area contributed by atoms with E-state index in [4.69, 9.17) is 19.9 Å². The van der Waals surface area contributed by atoms with Crippen molar-refractivity contribution in [3.8, 4) is 119 Å². The summed E-state index contributed by atoms with van der Waals surface area (Å²) >= 11 is 0. The predicted octanol–water partition coefficient (Wildman–Crippen LogP) is 20.6. The molecule has 90 heavy (non-hydrogen) atoms. The number of fused-ring (bicyclic) bond motifs is 6. The van der Waals surface area contributed by atoms with Gasteiger partial charge in [0.15, 0.2) is 0 Å². The highest BCUT2D eigenvalue weighted by atomic mass is 19.1. The fraction of sp³-hybridized carbons (Fsp3) is 0. The minimum atomic E-state index is -0.752. The van der Waals surface area contributed by atoms with Crippen molar-refractivity contribution in [2.45, 2.75) is 0 Å². The first kappa shape index (κ1) is 53.2. The lowest BCUT2D eigenvalue weighted by Gasteiger charge is -2.19. The number of rotatable bonds is 11. The van der Waals surface area contributed by atoms with Crippen LogP contribution in [0.15, 0.2) is 297 Å². The van der Waals surface area contributed by atoms with Crippen molar-refractivity contribution < 1.29 is 8.78 Å². The van der Waals surface area contributed by atoms with Crippen molar-refractivity contribution in [3.05, 3.63) is 314 Å². The van der Waals surface area contributed by atoms with Gasteiger partial charge in [0.05, 0.1) is 90.1 Å². The fourth-order valence-corrected chi connectivity index (χ4v) is 12.7. The number of nitriles is 1. The van der Waals surface area contributed by atoms with E-state index < -0.39 is 11.6 Å². The molecule has 16 aromatic rings. The van der Waals surface area contributed by atoms with Gasteiger partial charge in [0, 0.05) is 71.6 Å². The number of aromatic nitrogens is 6. The Morgan fingerprint density at radius 1 is 0.267 bits per heavy atom. The summed E-state index contributed by atoms with van der Waals surface area (Å²) < 4.78 is 38.2. The third kappa shape index (κ3) is 9.44. The zero-order valence-corrected chi connectivity index (χ0v) is 48.2. The van der Waals surface area contributed by atoms with Gasteiger partial charge in [0.2, 0.25) is 0 Å². The number of hydrogen-bond donors (Lipinski definition) is 0. The molecule has 0 aliphatic heterocycles. The molecule has 422 valence electrons. The van der Waals surface area contributed by atoms with E-state index in [1.807, 2.05) is 252 Å². The molecule has 0 amide bonds. The van der Waals surface area contributed by atoms with E-state index in [1.165, 1.54) is 18.2 Å². The van der Waals surface area contributed by atoms with Crippen LogP contribution in [0.25, 0.3) is 156 Å². The van der Waals surface area contributed by atoms with Crippen molar-refractivity contribution in [1.82, 2.24) is 29.1 Å². The molecule has 0 aliphatic rings. The SMILES string of the molecule is N#Cc1cc(-n2c3ccc(-c4cccc(-c5ccccc5)n4)cc3c3cc(-c4cccc(-c5ccccc5)n4)ccc32)c(-c2c(F)cccc2F)cc1-n1c2ccc(-c3cccc(-c4ccccc4)n3)cc2c2cc(-c3cccc(-c4ccccc4)n3)ccc21. The van der Waals surface area contributed by atoms with Gasteiger partial charge in [-0.1, -0.05) is 176 Å². The zero-order valence-electron chi connectivity index (χ0n) is 48.2. The molecular weight excluding hydrogens is 1110 g/mol. The third-order valence-electron chi connectivity index (χ3n) is 16.9. The van der Waals surface area contributed by atoms with Crippen LogP contribution in [-0.4, -0.2) is 29.1 Å². The third-order valence-corrected chi connectivity index (χ3v) is 16.9. The smallest absolute Gasteiger partial charge is 0.134 e. The van der Waals surface area contributed by atoms with Gasteiger partial charge >= 0.3 is 0 Å². The Kier molecular flexibility index (Phi) is 13.2. The summed E-state index contributed by atoms with van der Waals surface area (Å²) in [6, 6.07) is 99.4. The van der Waals surface area contributed by atoms with Gasteiger partial charge in [-0.3, -0.25) is 0 Å². The Morgan fingerprint density at radius 3 is 0.844 bits per heavy atom. The average Bonchev–Trinajstić information content (AvgIpc) is 1.59. The molecule has 0 radical (unpaired) electrons. The summed E-state index contributed by atoms with van der Waals surface area (Å²) in [4.78, 5) is 20.7. The van der Waals surface area contributed by atoms with E-state index in [1.54, 1.807) is 12.1 Å². The Morgan fingerprint density at radius 2 is 0.544 bits per heavy atom. The normalized spacial score (nSPS) is 11.4. The van der Waals surface area contributed by atoms with Crippen LogP contribution in [0, 0.1) is 23.0 Å². The van der Waals surface area contributed by atoms with Crippen LogP contribution in [0.1, 0.15) is 5.56 Å². The Labute approximate surface area is 517 Å². The Balaban J connectivity index is 0.933. The molecule has 0 fully saturated rings. The van der Waals surface area contributed by atoms with Crippen molar-refractivity contribution >= 4 is 43.6 Å². The number of nitrogens with zero attached hydrogens (tertiary/aromatic N) is 7. The molecule has 0 atom stereocenters. The first-order chi connectivity index (χ1) is 44.4. The van der Waals surface area contributed by atoms with Crippen molar-refractivity contribution in [2.75, 3.05) is 0 Å². The maximum atomic E-state index is 17.1. The molecule has 0 unspecified atom stereocenters. The summed E-state index contributed by atoms with van der Waals surface area (Å²) in [5.41, 5.74) is 18.2. The van der Waals surface area contributed by atoms with Crippen LogP contribution in [-0.2, 0) is 0 Å². The lowest BCUT2D eigenvalue weighted by atomic mass is 9.98. The molecule has 10 aromatic carbocycles. The van der Waals surface area contributed by atoms with Gasteiger partial charge in [0.25, 0.3) is 0 Å². The second kappa shape index (κ2) is 22.2. The van der Waals surface area contributed by atoms with E-state index in [0.29, 0.717) is 11.4 Å². The Hall–Kier alpha value is -12.3. The molecule has 0 N–H and O–H groups in total. The molecule has 0 saturated carbocycles. The maximum absolute atomic E-state index is 17.1. The summed E-state index contributed by atoms with van der Waals surface area (Å²) in [7, 11) is 0. The summed E-state index contributed by atoms with van der Waals surface area (Å²) in [6.45, 7) is 0. The molecule has 0 bridgehead atoms. The summed E-state index contributed by atoms with van der Waals surface area (Å²) in [5.74, 6) is -1.50. The number of benzene rings is 10. The first-order valence-electron chi connectivity index (χ1n) is 29.7. The maximum Gasteiger partial charge on any atom is 0.134 e. The summed E-state index contributed by atoms with van der Waals surface area (Å²) in [5, 5.41) is 15.2. The standard InChI is InChI=1S/C81H49F2N7/c82-65-26-13-27-66(83)81(65)64-49-79(89-75-40-36-55(71-32-14-28-67(85-71)51-18-5-1-6-19-51)44-60(75)61-45-56(37-41-76(61)89)72-33-15-29-68(86-72)52-20-7-2-8-21-52)59(50-84)48-80(64)90-77-42-38-57(73-34-16-30-69(87-73)53-22-9-3-10-23-53)46-62(77)63-47-58(39-43-78(63)90)74-35-17-31-70(88-74)54-24-11-4-12-25-54/h1-49H. The van der Waals surface area contributed by atoms with E-state index in [2.05, 4.69) is 30.3 Å². The van der Waals surface area contributed by atoms with Crippen LogP contribution >= 0.6 is 0 Å². The molecule has 6 heterocycles. The highest BCUT2D eigenvalue weighted by Gasteiger charge is 2.26. The molecular formula is C81H49F2N7. The minimum absolute atomic E-state index is 0.232. The fourth-order valence-electron chi connectivity index (χ4n) is 12.7. The van der Waals surface area contributed by atoms with E-state index in [-0.39, 0.29) is 16.7 Å². The zero-order chi connectivity index (χ0) is 60.2. The van der Waals surface area contributed by atoms with E-state index >= 15 is 8.78 Å². The molecule has 7 nitrogen and oxygen atoms in total. The Bertz CT molecular complexity index is 5220. The topological polar surface area (TPSA) is 85.2 Å². The predicted molar refractivity (Wildman–Crippen MR) is 360 cm³/mol. The van der Waals surface area contributed by atoms with Crippen LogP contribution < -0.4 is 0 Å². The van der Waals surface area contributed by atoms with Crippen molar-refractivity contribution in [1.29, 1.82) is 5.26 Å². The average molecular weight is 1160 g/mol. The van der Waals surface area contributed by atoms with E-state index in [0.717, 1.165) is 134 Å². The van der Waals surface area contributed by atoms with Gasteiger partial charge in [-0.15, -0.1) is 0 Å². The number of halogens is 2. The van der Waals surface area contributed by atoms with Gasteiger partial charge in [-0.05, 0) is 121 Å². The van der Waals surface area contributed by atoms with Crippen LogP contribution in [0.2, 0.25) is 0 Å². The first-order valence-corrected chi connectivity index (χ1v) is 29.7. The minimum Gasteiger partial charge on any atom is -0.309 e. The summed E-state index contributed by atoms with van der Waals surface area (Å²) in [6.07, 6.45) is 0. The molecule has 16 rings (SSSR count). The quantitative estimate of drug-likeness (QED) is 0.129. The molecule has 9 heteroatoms. The largest absolute Gasteiger partial charge is 0.309 e. The van der Waals surface area contributed by atoms with Gasteiger partial charge in [-0.25, -0.2) is 28.7 Å². The monoisotopic (exact) mass is 1160 g/mol. The van der Waals surface area contributed by atoms with Gasteiger partial charge in [-0.2, -0.15) is 5.26 Å². The lowest BCUT2D eigenvalue weighted by Crippen LogP contribution is -2.05. The van der Waals surface area contributed by atoms with Crippen LogP contribution in [0.3, 0.4) is 0 Å². The number of hydrogen-bond acceptors (Lipinski definition) is 5. The molecule has 0 aliphatic carbocycles. The van der Waals surface area contributed by atoms with Crippen molar-refractivity contribution in [2.24, 2.45) is 0 Å². The molecule has 0 saturated heterocycles. The highest BCUT2D eigenvalue weighted by molar-refractivity contribution is 6.14. The van der Waals surface area contributed by atoms with Crippen LogP contribution in [0.4, 0.5) is 8.78 Å². The second-order valence-corrected chi connectivity index (χ2v) is 22.3. The van der Waals surface area contributed by atoms with E-state index in [9.17, 15) is 5.26 Å².